The zero-order valence-corrected chi connectivity index (χ0v) is 11.0. The first kappa shape index (κ1) is 12.2. The van der Waals surface area contributed by atoms with Gasteiger partial charge in [-0.1, -0.05) is 0 Å². The lowest BCUT2D eigenvalue weighted by atomic mass is 10.1. The third-order valence-electron chi connectivity index (χ3n) is 3.01. The Morgan fingerprint density at radius 1 is 1.63 bits per heavy atom. The summed E-state index contributed by atoms with van der Waals surface area (Å²) in [4.78, 5) is 11.9. The van der Waals surface area contributed by atoms with E-state index in [1.165, 1.54) is 6.20 Å². The van der Waals surface area contributed by atoms with Gasteiger partial charge in [0.2, 0.25) is 0 Å². The van der Waals surface area contributed by atoms with Crippen molar-refractivity contribution in [2.45, 2.75) is 13.0 Å². The molecule has 7 nitrogen and oxygen atoms in total. The Labute approximate surface area is 113 Å². The molecule has 1 amide bonds. The van der Waals surface area contributed by atoms with Crippen LogP contribution < -0.4 is 5.32 Å². The highest BCUT2D eigenvalue weighted by molar-refractivity contribution is 6.99. The van der Waals surface area contributed by atoms with Crippen molar-refractivity contribution in [3.8, 4) is 0 Å². The van der Waals surface area contributed by atoms with Crippen molar-refractivity contribution in [2.75, 3.05) is 18.5 Å². The fourth-order valence-corrected chi connectivity index (χ4v) is 2.41. The van der Waals surface area contributed by atoms with Crippen LogP contribution in [0.15, 0.2) is 18.5 Å². The Hall–Kier alpha value is -1.80. The Kier molecular flexibility index (Phi) is 3.51. The van der Waals surface area contributed by atoms with Crippen molar-refractivity contribution in [2.24, 2.45) is 5.92 Å². The molecule has 1 aliphatic heterocycles. The van der Waals surface area contributed by atoms with E-state index in [-0.39, 0.29) is 5.91 Å². The highest BCUT2D eigenvalue weighted by Gasteiger charge is 2.18. The van der Waals surface area contributed by atoms with Crippen LogP contribution >= 0.6 is 11.7 Å². The molecular weight excluding hydrogens is 266 g/mol. The number of hydrogen-bond acceptors (Lipinski definition) is 6. The standard InChI is InChI=1S/C11H13N5O2S/c17-11(9-5-13-19-15-9)14-10-1-3-12-16(10)6-8-2-4-18-7-8/h1,3,5,8H,2,4,6-7H2,(H,14,17). The van der Waals surface area contributed by atoms with E-state index in [1.807, 2.05) is 0 Å². The molecule has 1 unspecified atom stereocenters. The minimum Gasteiger partial charge on any atom is -0.381 e. The van der Waals surface area contributed by atoms with E-state index in [9.17, 15) is 4.79 Å². The van der Waals surface area contributed by atoms with Crippen LogP contribution in [0, 0.1) is 5.92 Å². The number of anilines is 1. The number of aromatic nitrogens is 4. The molecule has 1 aliphatic rings. The fraction of sp³-hybridized carbons (Fsp3) is 0.455. The molecule has 100 valence electrons. The van der Waals surface area contributed by atoms with Crippen molar-refractivity contribution in [1.29, 1.82) is 0 Å². The smallest absolute Gasteiger partial charge is 0.278 e. The molecule has 0 aliphatic carbocycles. The highest BCUT2D eigenvalue weighted by Crippen LogP contribution is 2.17. The third kappa shape index (κ3) is 2.79. The van der Waals surface area contributed by atoms with Gasteiger partial charge in [-0.25, -0.2) is 4.68 Å². The predicted molar refractivity (Wildman–Crippen MR) is 69.0 cm³/mol. The van der Waals surface area contributed by atoms with Gasteiger partial charge in [0, 0.05) is 25.1 Å². The van der Waals surface area contributed by atoms with Crippen LogP contribution in [-0.4, -0.2) is 37.6 Å². The fourth-order valence-electron chi connectivity index (χ4n) is 2.00. The first-order valence-electron chi connectivity index (χ1n) is 6.01. The molecule has 1 N–H and O–H groups in total. The van der Waals surface area contributed by atoms with Gasteiger partial charge in [0.15, 0.2) is 5.69 Å². The highest BCUT2D eigenvalue weighted by atomic mass is 32.1. The van der Waals surface area contributed by atoms with Crippen molar-refractivity contribution in [3.63, 3.8) is 0 Å². The van der Waals surface area contributed by atoms with Crippen LogP contribution in [0.2, 0.25) is 0 Å². The van der Waals surface area contributed by atoms with Gasteiger partial charge >= 0.3 is 0 Å². The summed E-state index contributed by atoms with van der Waals surface area (Å²) >= 11 is 1.01. The molecule has 1 atom stereocenters. The average molecular weight is 279 g/mol. The summed E-state index contributed by atoms with van der Waals surface area (Å²) in [5.74, 6) is 0.861. The normalized spacial score (nSPS) is 18.6. The summed E-state index contributed by atoms with van der Waals surface area (Å²) in [5.41, 5.74) is 0.321. The van der Waals surface area contributed by atoms with Crippen LogP contribution in [-0.2, 0) is 11.3 Å². The Balaban J connectivity index is 1.68. The molecule has 0 aromatic carbocycles. The first-order valence-corrected chi connectivity index (χ1v) is 6.74. The Morgan fingerprint density at radius 3 is 3.32 bits per heavy atom. The summed E-state index contributed by atoms with van der Waals surface area (Å²) in [7, 11) is 0. The Morgan fingerprint density at radius 2 is 2.58 bits per heavy atom. The second kappa shape index (κ2) is 5.45. The minimum absolute atomic E-state index is 0.266. The van der Waals surface area contributed by atoms with E-state index < -0.39 is 0 Å². The van der Waals surface area contributed by atoms with E-state index in [1.54, 1.807) is 16.9 Å². The molecule has 1 saturated heterocycles. The van der Waals surface area contributed by atoms with Gasteiger partial charge in [0.25, 0.3) is 5.91 Å². The quantitative estimate of drug-likeness (QED) is 0.903. The molecule has 19 heavy (non-hydrogen) atoms. The maximum Gasteiger partial charge on any atom is 0.278 e. The van der Waals surface area contributed by atoms with Gasteiger partial charge in [-0.2, -0.15) is 13.8 Å². The monoisotopic (exact) mass is 279 g/mol. The van der Waals surface area contributed by atoms with Crippen molar-refractivity contribution < 1.29 is 9.53 Å². The summed E-state index contributed by atoms with van der Waals surface area (Å²) in [5, 5.41) is 7.02. The first-order chi connectivity index (χ1) is 9.33. The van der Waals surface area contributed by atoms with Gasteiger partial charge in [-0.15, -0.1) is 0 Å². The molecular formula is C11H13N5O2S. The molecule has 8 heteroatoms. The van der Waals surface area contributed by atoms with Crippen molar-refractivity contribution >= 4 is 23.5 Å². The number of amides is 1. The predicted octanol–water partition coefficient (Wildman–Crippen LogP) is 1.02. The van der Waals surface area contributed by atoms with Crippen LogP contribution in [0.1, 0.15) is 16.9 Å². The minimum atomic E-state index is -0.266. The summed E-state index contributed by atoms with van der Waals surface area (Å²) in [6.07, 6.45) is 4.15. The number of ether oxygens (including phenoxy) is 1. The van der Waals surface area contributed by atoms with E-state index >= 15 is 0 Å². The zero-order valence-electron chi connectivity index (χ0n) is 10.2. The van der Waals surface area contributed by atoms with E-state index in [2.05, 4.69) is 19.2 Å². The van der Waals surface area contributed by atoms with Crippen LogP contribution in [0.4, 0.5) is 5.82 Å². The summed E-state index contributed by atoms with van der Waals surface area (Å²) in [6.45, 7) is 2.30. The van der Waals surface area contributed by atoms with Gasteiger partial charge in [0.05, 0.1) is 30.7 Å². The maximum atomic E-state index is 11.9. The molecule has 3 rings (SSSR count). The molecule has 2 aromatic heterocycles. The molecule has 0 spiro atoms. The van der Waals surface area contributed by atoms with Gasteiger partial charge in [-0.3, -0.25) is 4.79 Å². The third-order valence-corrected chi connectivity index (χ3v) is 3.49. The number of hydrogen-bond donors (Lipinski definition) is 1. The van der Waals surface area contributed by atoms with Crippen molar-refractivity contribution in [1.82, 2.24) is 18.5 Å². The summed E-state index contributed by atoms with van der Waals surface area (Å²) in [6, 6.07) is 1.77. The van der Waals surface area contributed by atoms with E-state index in [0.717, 1.165) is 37.9 Å². The maximum absolute atomic E-state index is 11.9. The molecule has 0 saturated carbocycles. The van der Waals surface area contributed by atoms with Crippen LogP contribution in [0.5, 0.6) is 0 Å². The lowest BCUT2D eigenvalue weighted by Gasteiger charge is -2.11. The number of nitrogens with zero attached hydrogens (tertiary/aromatic N) is 4. The molecule has 1 fully saturated rings. The van der Waals surface area contributed by atoms with Crippen LogP contribution in [0.3, 0.4) is 0 Å². The zero-order chi connectivity index (χ0) is 13.1. The van der Waals surface area contributed by atoms with Gasteiger partial charge in [-0.05, 0) is 6.42 Å². The molecule has 3 heterocycles. The summed E-state index contributed by atoms with van der Waals surface area (Å²) < 4.78 is 14.8. The topological polar surface area (TPSA) is 81.9 Å². The van der Waals surface area contributed by atoms with E-state index in [4.69, 9.17) is 4.74 Å². The number of nitrogens with one attached hydrogen (secondary N) is 1. The molecule has 0 bridgehead atoms. The number of rotatable bonds is 4. The SMILES string of the molecule is O=C(Nc1ccnn1CC1CCOC1)c1cnsn1. The van der Waals surface area contributed by atoms with Gasteiger partial charge in [0.1, 0.15) is 5.82 Å². The van der Waals surface area contributed by atoms with Crippen molar-refractivity contribution in [3.05, 3.63) is 24.2 Å². The van der Waals surface area contributed by atoms with Crippen LogP contribution in [0.25, 0.3) is 0 Å². The second-order valence-corrected chi connectivity index (χ2v) is 4.93. The van der Waals surface area contributed by atoms with Gasteiger partial charge < -0.3 is 10.1 Å². The second-order valence-electron chi connectivity index (χ2n) is 4.37. The number of carbonyl (C=O) groups excluding carboxylic acids is 1. The molecule has 0 radical (unpaired) electrons. The van der Waals surface area contributed by atoms with E-state index in [0.29, 0.717) is 17.4 Å². The average Bonchev–Trinajstić information content (AvgIpc) is 3.12. The molecule has 2 aromatic rings. The largest absolute Gasteiger partial charge is 0.381 e. The lowest BCUT2D eigenvalue weighted by molar-refractivity contribution is 0.102. The lowest BCUT2D eigenvalue weighted by Crippen LogP contribution is -2.19. The Bertz CT molecular complexity index is 547. The number of carbonyl (C=O) groups is 1.